The largest absolute Gasteiger partial charge is 0.361 e. The summed E-state index contributed by atoms with van der Waals surface area (Å²) >= 11 is 0. The molecular weight excluding hydrogens is 350 g/mol. The first-order valence-electron chi connectivity index (χ1n) is 10.7. The number of aromatic amines is 1. The number of H-pyrrole nitrogens is 1. The van der Waals surface area contributed by atoms with Crippen LogP contribution >= 0.6 is 0 Å². The van der Waals surface area contributed by atoms with E-state index in [4.69, 9.17) is 5.73 Å². The third-order valence-corrected chi connectivity index (χ3v) is 4.25. The van der Waals surface area contributed by atoms with Gasteiger partial charge in [0.15, 0.2) is 0 Å². The molecule has 0 spiro atoms. The predicted molar refractivity (Wildman–Crippen MR) is 120 cm³/mol. The summed E-state index contributed by atoms with van der Waals surface area (Å²) in [7, 11) is 0. The van der Waals surface area contributed by atoms with Gasteiger partial charge in [0.25, 0.3) is 0 Å². The number of nitrogens with two attached hydrogens (primary N) is 1. The van der Waals surface area contributed by atoms with E-state index in [0.29, 0.717) is 19.4 Å². The Hall–Kier alpha value is -2.14. The Bertz CT molecular complexity index is 680. The van der Waals surface area contributed by atoms with Gasteiger partial charge in [-0.05, 0) is 62.8 Å². The molecule has 28 heavy (non-hydrogen) atoms. The molecule has 158 valence electrons. The normalized spacial score (nSPS) is 10.9. The number of aryl methyl sites for hydroxylation is 2. The lowest BCUT2D eigenvalue weighted by Gasteiger charge is -2.12. The zero-order chi connectivity index (χ0) is 21.4. The summed E-state index contributed by atoms with van der Waals surface area (Å²) in [6.45, 7) is 10.7. The van der Waals surface area contributed by atoms with E-state index in [0.717, 1.165) is 37.5 Å². The summed E-state index contributed by atoms with van der Waals surface area (Å²) in [6.07, 6.45) is 7.26. The van der Waals surface area contributed by atoms with Crippen LogP contribution in [-0.4, -0.2) is 29.8 Å². The number of fused-ring (bicyclic) bond motifs is 1. The molecule has 0 saturated carbocycles. The molecule has 1 amide bonds. The summed E-state index contributed by atoms with van der Waals surface area (Å²) in [5, 5.41) is 4.01. The monoisotopic (exact) mass is 389 g/mol. The molecule has 0 aliphatic rings. The van der Waals surface area contributed by atoms with Crippen LogP contribution in [0.3, 0.4) is 0 Å². The van der Waals surface area contributed by atoms with E-state index in [-0.39, 0.29) is 11.9 Å². The number of hydrogen-bond donors (Lipinski definition) is 3. The second kappa shape index (κ2) is 15.9. The molecule has 1 aromatic heterocycles. The molecule has 1 aromatic carbocycles. The lowest BCUT2D eigenvalue weighted by molar-refractivity contribution is -0.124. The van der Waals surface area contributed by atoms with Crippen LogP contribution in [0.4, 0.5) is 0 Å². The molecule has 1 atom stereocenters. The summed E-state index contributed by atoms with van der Waals surface area (Å²) in [4.78, 5) is 26.3. The second-order valence-electron chi connectivity index (χ2n) is 6.31. The van der Waals surface area contributed by atoms with Gasteiger partial charge in [-0.2, -0.15) is 0 Å². The molecule has 2 aromatic rings. The van der Waals surface area contributed by atoms with Crippen molar-refractivity contribution in [2.75, 3.05) is 6.54 Å². The van der Waals surface area contributed by atoms with Gasteiger partial charge in [0.05, 0.1) is 6.04 Å². The van der Waals surface area contributed by atoms with Gasteiger partial charge < -0.3 is 20.8 Å². The van der Waals surface area contributed by atoms with Crippen molar-refractivity contribution in [1.82, 2.24) is 10.3 Å². The van der Waals surface area contributed by atoms with Gasteiger partial charge in [-0.3, -0.25) is 4.79 Å². The molecule has 0 aliphatic carbocycles. The Kier molecular flexibility index (Phi) is 14.7. The maximum Gasteiger partial charge on any atom is 0.220 e. The quantitative estimate of drug-likeness (QED) is 0.408. The van der Waals surface area contributed by atoms with E-state index in [9.17, 15) is 9.59 Å². The van der Waals surface area contributed by atoms with Crippen molar-refractivity contribution in [3.63, 3.8) is 0 Å². The lowest BCUT2D eigenvalue weighted by Crippen LogP contribution is -2.35. The minimum atomic E-state index is -0.389. The standard InChI is InChI=1S/C19H27N3O2.2C2H6/c1-14-8-9-17-15(12-21-18(17)11-14)5-4-7-19(24)22-16(13-23)6-2-3-10-20;2*1-2/h8-9,11-13,16,21H,2-7,10,20H2,1H3,(H,22,24);2*1-2H3/t16-;;/m0../s1. The Morgan fingerprint density at radius 2 is 1.89 bits per heavy atom. The number of amides is 1. The number of benzene rings is 1. The number of aromatic nitrogens is 1. The van der Waals surface area contributed by atoms with Crippen LogP contribution in [-0.2, 0) is 16.0 Å². The molecule has 5 heteroatoms. The molecule has 0 saturated heterocycles. The maximum atomic E-state index is 12.0. The molecule has 4 N–H and O–H groups in total. The molecule has 0 unspecified atom stereocenters. The van der Waals surface area contributed by atoms with E-state index in [1.807, 2.05) is 33.9 Å². The first-order valence-corrected chi connectivity index (χ1v) is 10.7. The van der Waals surface area contributed by atoms with Gasteiger partial charge in [-0.1, -0.05) is 39.8 Å². The highest BCUT2D eigenvalue weighted by atomic mass is 16.2. The first kappa shape index (κ1) is 25.9. The minimum Gasteiger partial charge on any atom is -0.361 e. The number of carbonyl (C=O) groups is 2. The van der Waals surface area contributed by atoms with Gasteiger partial charge in [-0.15, -0.1) is 0 Å². The minimum absolute atomic E-state index is 0.0597. The lowest BCUT2D eigenvalue weighted by atomic mass is 10.1. The van der Waals surface area contributed by atoms with Crippen LogP contribution in [0.1, 0.15) is 70.9 Å². The summed E-state index contributed by atoms with van der Waals surface area (Å²) in [5.41, 5.74) is 9.03. The Morgan fingerprint density at radius 3 is 2.54 bits per heavy atom. The number of rotatable bonds is 10. The van der Waals surface area contributed by atoms with Crippen molar-refractivity contribution in [3.05, 3.63) is 35.5 Å². The van der Waals surface area contributed by atoms with Crippen molar-refractivity contribution in [2.45, 2.75) is 79.2 Å². The SMILES string of the molecule is CC.CC.Cc1ccc2c(CCCC(=O)N[C@H](C=O)CCCCN)c[nH]c2c1. The highest BCUT2D eigenvalue weighted by molar-refractivity contribution is 5.84. The van der Waals surface area contributed by atoms with Gasteiger partial charge in [-0.25, -0.2) is 0 Å². The average molecular weight is 390 g/mol. The molecule has 0 radical (unpaired) electrons. The van der Waals surface area contributed by atoms with E-state index in [2.05, 4.69) is 35.4 Å². The van der Waals surface area contributed by atoms with Crippen molar-refractivity contribution in [1.29, 1.82) is 0 Å². The Labute approximate surface area is 170 Å². The third kappa shape index (κ3) is 9.18. The van der Waals surface area contributed by atoms with E-state index >= 15 is 0 Å². The van der Waals surface area contributed by atoms with Gasteiger partial charge in [0.2, 0.25) is 5.91 Å². The molecular formula is C23H39N3O2. The maximum absolute atomic E-state index is 12.0. The molecule has 0 bridgehead atoms. The Morgan fingerprint density at radius 1 is 1.18 bits per heavy atom. The number of hydrogen-bond acceptors (Lipinski definition) is 3. The van der Waals surface area contributed by atoms with Gasteiger partial charge in [0, 0.05) is 23.5 Å². The fourth-order valence-electron chi connectivity index (χ4n) is 2.91. The molecule has 2 rings (SSSR count). The number of aldehydes is 1. The average Bonchev–Trinajstić information content (AvgIpc) is 3.12. The molecule has 1 heterocycles. The number of nitrogens with one attached hydrogen (secondary N) is 2. The first-order chi connectivity index (χ1) is 13.6. The molecule has 0 aliphatic heterocycles. The van der Waals surface area contributed by atoms with Gasteiger partial charge in [0.1, 0.15) is 6.29 Å². The highest BCUT2D eigenvalue weighted by Gasteiger charge is 2.11. The van der Waals surface area contributed by atoms with Crippen LogP contribution in [0, 0.1) is 6.92 Å². The fraction of sp³-hybridized carbons (Fsp3) is 0.565. The number of unbranched alkanes of at least 4 members (excludes halogenated alkanes) is 1. The van der Waals surface area contributed by atoms with Crippen LogP contribution in [0.25, 0.3) is 10.9 Å². The predicted octanol–water partition coefficient (Wildman–Crippen LogP) is 4.66. The van der Waals surface area contributed by atoms with Crippen LogP contribution in [0.5, 0.6) is 0 Å². The zero-order valence-corrected chi connectivity index (χ0v) is 18.3. The fourth-order valence-corrected chi connectivity index (χ4v) is 2.91. The summed E-state index contributed by atoms with van der Waals surface area (Å²) in [5.74, 6) is -0.0597. The van der Waals surface area contributed by atoms with E-state index < -0.39 is 0 Å². The van der Waals surface area contributed by atoms with Crippen molar-refractivity contribution >= 4 is 23.1 Å². The van der Waals surface area contributed by atoms with Crippen LogP contribution in [0.15, 0.2) is 24.4 Å². The van der Waals surface area contributed by atoms with E-state index in [1.165, 1.54) is 16.5 Å². The van der Waals surface area contributed by atoms with Crippen LogP contribution in [0.2, 0.25) is 0 Å². The third-order valence-electron chi connectivity index (χ3n) is 4.25. The number of carbonyl (C=O) groups excluding carboxylic acids is 2. The van der Waals surface area contributed by atoms with E-state index in [1.54, 1.807) is 0 Å². The Balaban J connectivity index is 0.00000171. The van der Waals surface area contributed by atoms with Crippen molar-refractivity contribution in [2.24, 2.45) is 5.73 Å². The smallest absolute Gasteiger partial charge is 0.220 e. The van der Waals surface area contributed by atoms with Crippen LogP contribution < -0.4 is 11.1 Å². The van der Waals surface area contributed by atoms with Crippen molar-refractivity contribution in [3.8, 4) is 0 Å². The zero-order valence-electron chi connectivity index (χ0n) is 18.3. The van der Waals surface area contributed by atoms with Gasteiger partial charge >= 0.3 is 0 Å². The second-order valence-corrected chi connectivity index (χ2v) is 6.31. The summed E-state index contributed by atoms with van der Waals surface area (Å²) in [6, 6.07) is 5.96. The summed E-state index contributed by atoms with van der Waals surface area (Å²) < 4.78 is 0. The molecule has 5 nitrogen and oxygen atoms in total. The topological polar surface area (TPSA) is 88.0 Å². The highest BCUT2D eigenvalue weighted by Crippen LogP contribution is 2.21. The molecule has 0 fully saturated rings. The van der Waals surface area contributed by atoms with Crippen molar-refractivity contribution < 1.29 is 9.59 Å².